The van der Waals surface area contributed by atoms with Gasteiger partial charge in [0.2, 0.25) is 0 Å². The third-order valence-corrected chi connectivity index (χ3v) is 2.69. The third-order valence-electron chi connectivity index (χ3n) is 2.69. The van der Waals surface area contributed by atoms with Crippen LogP contribution < -0.4 is 10.1 Å². The molecule has 1 N–H and O–H groups in total. The van der Waals surface area contributed by atoms with Gasteiger partial charge in [0.05, 0.1) is 18.5 Å². The zero-order valence-corrected chi connectivity index (χ0v) is 10.5. The SMILES string of the molecule is COCC(C)Oc1ccc(CNC2CC2)nc1. The van der Waals surface area contributed by atoms with Crippen molar-refractivity contribution >= 4 is 0 Å². The molecule has 94 valence electrons. The molecule has 0 saturated heterocycles. The van der Waals surface area contributed by atoms with E-state index >= 15 is 0 Å². The van der Waals surface area contributed by atoms with Crippen LogP contribution in [-0.4, -0.2) is 30.8 Å². The smallest absolute Gasteiger partial charge is 0.138 e. The Kier molecular flexibility index (Phi) is 4.34. The van der Waals surface area contributed by atoms with Crippen LogP contribution in [0.1, 0.15) is 25.5 Å². The number of ether oxygens (including phenoxy) is 2. The molecule has 1 aliphatic rings. The Morgan fingerprint density at radius 1 is 1.47 bits per heavy atom. The molecule has 0 aromatic carbocycles. The molecule has 1 aromatic rings. The normalized spacial score (nSPS) is 16.8. The zero-order valence-electron chi connectivity index (χ0n) is 10.5. The first-order valence-electron chi connectivity index (χ1n) is 6.12. The minimum Gasteiger partial charge on any atom is -0.487 e. The van der Waals surface area contributed by atoms with Crippen LogP contribution in [0.5, 0.6) is 5.75 Å². The summed E-state index contributed by atoms with van der Waals surface area (Å²) in [4.78, 5) is 4.36. The van der Waals surface area contributed by atoms with Crippen molar-refractivity contribution in [3.63, 3.8) is 0 Å². The Labute approximate surface area is 102 Å². The van der Waals surface area contributed by atoms with Crippen molar-refractivity contribution in [1.29, 1.82) is 0 Å². The standard InChI is InChI=1S/C13H20N2O2/c1-10(9-16-2)17-13-6-5-12(15-8-13)7-14-11-3-4-11/h5-6,8,10-11,14H,3-4,7,9H2,1-2H3. The average molecular weight is 236 g/mol. The molecule has 0 radical (unpaired) electrons. The molecular formula is C13H20N2O2. The van der Waals surface area contributed by atoms with Crippen LogP contribution in [0.15, 0.2) is 18.3 Å². The van der Waals surface area contributed by atoms with Gasteiger partial charge in [0.15, 0.2) is 0 Å². The number of nitrogens with zero attached hydrogens (tertiary/aromatic N) is 1. The summed E-state index contributed by atoms with van der Waals surface area (Å²) in [6.07, 6.45) is 4.43. The van der Waals surface area contributed by atoms with E-state index in [9.17, 15) is 0 Å². The van der Waals surface area contributed by atoms with E-state index in [0.29, 0.717) is 6.61 Å². The summed E-state index contributed by atoms with van der Waals surface area (Å²) in [6.45, 7) is 3.41. The Bertz CT molecular complexity index is 336. The first kappa shape index (κ1) is 12.3. The Morgan fingerprint density at radius 3 is 2.88 bits per heavy atom. The molecule has 4 heteroatoms. The highest BCUT2D eigenvalue weighted by Gasteiger charge is 2.20. The number of nitrogens with one attached hydrogen (secondary N) is 1. The fourth-order valence-corrected chi connectivity index (χ4v) is 1.62. The second-order valence-electron chi connectivity index (χ2n) is 4.52. The van der Waals surface area contributed by atoms with Crippen molar-refractivity contribution in [2.24, 2.45) is 0 Å². The molecule has 0 spiro atoms. The fraction of sp³-hybridized carbons (Fsp3) is 0.615. The van der Waals surface area contributed by atoms with Crippen LogP contribution in [0.4, 0.5) is 0 Å². The van der Waals surface area contributed by atoms with Gasteiger partial charge < -0.3 is 14.8 Å². The summed E-state index contributed by atoms with van der Waals surface area (Å²) in [5, 5.41) is 3.43. The first-order valence-corrected chi connectivity index (χ1v) is 6.12. The van der Waals surface area contributed by atoms with Gasteiger partial charge in [-0.1, -0.05) is 0 Å². The van der Waals surface area contributed by atoms with Crippen LogP contribution in [0.2, 0.25) is 0 Å². The lowest BCUT2D eigenvalue weighted by molar-refractivity contribution is 0.0918. The van der Waals surface area contributed by atoms with Gasteiger partial charge in [-0.3, -0.25) is 4.98 Å². The van der Waals surface area contributed by atoms with Crippen molar-refractivity contribution in [1.82, 2.24) is 10.3 Å². The summed E-state index contributed by atoms with van der Waals surface area (Å²) in [5.41, 5.74) is 1.06. The summed E-state index contributed by atoms with van der Waals surface area (Å²) >= 11 is 0. The number of hydrogen-bond acceptors (Lipinski definition) is 4. The molecule has 4 nitrogen and oxygen atoms in total. The van der Waals surface area contributed by atoms with E-state index in [1.165, 1.54) is 12.8 Å². The molecule has 2 rings (SSSR count). The average Bonchev–Trinajstić information content (AvgIpc) is 3.12. The fourth-order valence-electron chi connectivity index (χ4n) is 1.62. The number of pyridine rings is 1. The molecule has 17 heavy (non-hydrogen) atoms. The Hall–Kier alpha value is -1.13. The van der Waals surface area contributed by atoms with Crippen molar-refractivity contribution in [2.75, 3.05) is 13.7 Å². The van der Waals surface area contributed by atoms with Crippen LogP contribution in [-0.2, 0) is 11.3 Å². The van der Waals surface area contributed by atoms with Crippen LogP contribution in [0.25, 0.3) is 0 Å². The van der Waals surface area contributed by atoms with E-state index in [1.807, 2.05) is 19.1 Å². The second-order valence-corrected chi connectivity index (χ2v) is 4.52. The van der Waals surface area contributed by atoms with Gasteiger partial charge in [-0.15, -0.1) is 0 Å². The topological polar surface area (TPSA) is 43.4 Å². The molecule has 1 aromatic heterocycles. The molecule has 1 atom stereocenters. The highest BCUT2D eigenvalue weighted by Crippen LogP contribution is 2.19. The number of methoxy groups -OCH3 is 1. The summed E-state index contributed by atoms with van der Waals surface area (Å²) < 4.78 is 10.7. The van der Waals surface area contributed by atoms with Gasteiger partial charge in [-0.05, 0) is 31.9 Å². The molecule has 1 fully saturated rings. The zero-order chi connectivity index (χ0) is 12.1. The summed E-state index contributed by atoms with van der Waals surface area (Å²) in [5.74, 6) is 0.796. The lowest BCUT2D eigenvalue weighted by Crippen LogP contribution is -2.18. The van der Waals surface area contributed by atoms with E-state index in [-0.39, 0.29) is 6.10 Å². The third kappa shape index (κ3) is 4.32. The van der Waals surface area contributed by atoms with Crippen LogP contribution >= 0.6 is 0 Å². The summed E-state index contributed by atoms with van der Waals surface area (Å²) in [7, 11) is 1.67. The Balaban J connectivity index is 1.79. The largest absolute Gasteiger partial charge is 0.487 e. The number of rotatable bonds is 7. The predicted octanol–water partition coefficient (Wildman–Crippen LogP) is 1.75. The Morgan fingerprint density at radius 2 is 2.29 bits per heavy atom. The lowest BCUT2D eigenvalue weighted by atomic mass is 10.3. The van der Waals surface area contributed by atoms with Gasteiger partial charge in [0.25, 0.3) is 0 Å². The quantitative estimate of drug-likeness (QED) is 0.783. The van der Waals surface area contributed by atoms with Crippen molar-refractivity contribution < 1.29 is 9.47 Å². The van der Waals surface area contributed by atoms with Gasteiger partial charge in [-0.25, -0.2) is 0 Å². The summed E-state index contributed by atoms with van der Waals surface area (Å²) in [6, 6.07) is 4.68. The number of aromatic nitrogens is 1. The van der Waals surface area contributed by atoms with Gasteiger partial charge >= 0.3 is 0 Å². The van der Waals surface area contributed by atoms with Crippen molar-refractivity contribution in [2.45, 2.75) is 38.5 Å². The van der Waals surface area contributed by atoms with Crippen LogP contribution in [0, 0.1) is 0 Å². The number of hydrogen-bond donors (Lipinski definition) is 1. The van der Waals surface area contributed by atoms with Crippen molar-refractivity contribution in [3.8, 4) is 5.75 Å². The predicted molar refractivity (Wildman–Crippen MR) is 66.1 cm³/mol. The lowest BCUT2D eigenvalue weighted by Gasteiger charge is -2.13. The molecule has 0 aliphatic heterocycles. The van der Waals surface area contributed by atoms with E-state index in [4.69, 9.17) is 9.47 Å². The van der Waals surface area contributed by atoms with E-state index in [1.54, 1.807) is 13.3 Å². The monoisotopic (exact) mass is 236 g/mol. The van der Waals surface area contributed by atoms with Gasteiger partial charge in [-0.2, -0.15) is 0 Å². The van der Waals surface area contributed by atoms with Crippen LogP contribution in [0.3, 0.4) is 0 Å². The molecule has 1 saturated carbocycles. The van der Waals surface area contributed by atoms with Crippen molar-refractivity contribution in [3.05, 3.63) is 24.0 Å². The van der Waals surface area contributed by atoms with Gasteiger partial charge in [0.1, 0.15) is 11.9 Å². The maximum atomic E-state index is 5.64. The maximum Gasteiger partial charge on any atom is 0.138 e. The highest BCUT2D eigenvalue weighted by molar-refractivity contribution is 5.20. The maximum absolute atomic E-state index is 5.64. The van der Waals surface area contributed by atoms with E-state index in [0.717, 1.165) is 24.0 Å². The molecule has 1 unspecified atom stereocenters. The molecule has 1 heterocycles. The van der Waals surface area contributed by atoms with Gasteiger partial charge in [0, 0.05) is 19.7 Å². The molecular weight excluding hydrogens is 216 g/mol. The highest BCUT2D eigenvalue weighted by atomic mass is 16.5. The van der Waals surface area contributed by atoms with E-state index < -0.39 is 0 Å². The molecule has 0 bridgehead atoms. The second kappa shape index (κ2) is 5.98. The minimum atomic E-state index is 0.0530. The van der Waals surface area contributed by atoms with E-state index in [2.05, 4.69) is 10.3 Å². The molecule has 1 aliphatic carbocycles. The molecule has 0 amide bonds. The minimum absolute atomic E-state index is 0.0530. The first-order chi connectivity index (χ1) is 8.28.